The molecule has 202 valence electrons. The topological polar surface area (TPSA) is 95.6 Å². The lowest BCUT2D eigenvalue weighted by Crippen LogP contribution is -2.40. The number of benzene rings is 3. The van der Waals surface area contributed by atoms with Crippen LogP contribution in [0.5, 0.6) is 5.75 Å². The normalized spacial score (nSPS) is 21.4. The Morgan fingerprint density at radius 1 is 1.00 bits per heavy atom. The number of nitrogens with zero attached hydrogens (tertiary/aromatic N) is 1. The van der Waals surface area contributed by atoms with Crippen LogP contribution in [0, 0.1) is 0 Å². The minimum Gasteiger partial charge on any atom is -0.768 e. The van der Waals surface area contributed by atoms with Crippen molar-refractivity contribution in [2.24, 2.45) is 0 Å². The number of halogens is 3. The maximum absolute atomic E-state index is 11.3. The molecular formula is C29H23Cl3NO5S-. The maximum atomic E-state index is 11.3. The highest BCUT2D eigenvalue weighted by Gasteiger charge is 2.45. The Morgan fingerprint density at radius 3 is 2.38 bits per heavy atom. The molecule has 2 fully saturated rings. The van der Waals surface area contributed by atoms with Gasteiger partial charge in [0, 0.05) is 21.9 Å². The van der Waals surface area contributed by atoms with Gasteiger partial charge < -0.3 is 18.9 Å². The standard InChI is InChI=1S/C29H24Cl3NO5S/c30-23-5-2-6-24(31)26(23)27-21(28(38-33-27)16-7-8-16)15-37-19-9-10-22(25(32)12-19)29(34)13-18(14-29)17-3-1-4-20(11-17)39(35)36/h1-6,9-12,16,18,34H,7-8,13-15H2,(H,35,36)/p-1. The molecule has 6 rings (SSSR count). The largest absolute Gasteiger partial charge is 0.768 e. The summed E-state index contributed by atoms with van der Waals surface area (Å²) in [7, 11) is 0. The molecule has 1 N–H and O–H groups in total. The van der Waals surface area contributed by atoms with E-state index in [2.05, 4.69) is 5.16 Å². The minimum atomic E-state index is -2.29. The van der Waals surface area contributed by atoms with Gasteiger partial charge in [-0.15, -0.1) is 0 Å². The predicted molar refractivity (Wildman–Crippen MR) is 149 cm³/mol. The summed E-state index contributed by atoms with van der Waals surface area (Å²) in [5, 5.41) is 16.9. The van der Waals surface area contributed by atoms with Crippen molar-refractivity contribution >= 4 is 45.9 Å². The van der Waals surface area contributed by atoms with Gasteiger partial charge in [-0.3, -0.25) is 4.21 Å². The first-order valence-corrected chi connectivity index (χ1v) is 14.7. The van der Waals surface area contributed by atoms with E-state index in [4.69, 9.17) is 44.1 Å². The van der Waals surface area contributed by atoms with Crippen LogP contribution in [0.4, 0.5) is 0 Å². The van der Waals surface area contributed by atoms with Crippen LogP contribution in [0.2, 0.25) is 15.1 Å². The van der Waals surface area contributed by atoms with Gasteiger partial charge in [0.05, 0.1) is 26.2 Å². The van der Waals surface area contributed by atoms with E-state index in [1.54, 1.807) is 54.6 Å². The van der Waals surface area contributed by atoms with Gasteiger partial charge in [0.2, 0.25) is 0 Å². The fourth-order valence-corrected chi connectivity index (χ4v) is 6.59. The molecule has 39 heavy (non-hydrogen) atoms. The van der Waals surface area contributed by atoms with Crippen molar-refractivity contribution < 1.29 is 23.1 Å². The molecule has 0 bridgehead atoms. The Hall–Kier alpha value is -2.39. The summed E-state index contributed by atoms with van der Waals surface area (Å²) in [4.78, 5) is 0.236. The monoisotopic (exact) mass is 602 g/mol. The van der Waals surface area contributed by atoms with Crippen LogP contribution < -0.4 is 4.74 Å². The average Bonchev–Trinajstić information content (AvgIpc) is 3.66. The molecule has 4 aromatic rings. The zero-order valence-corrected chi connectivity index (χ0v) is 23.6. The number of aromatic nitrogens is 1. The zero-order valence-electron chi connectivity index (χ0n) is 20.5. The van der Waals surface area contributed by atoms with Crippen LogP contribution in [-0.2, 0) is 23.3 Å². The Labute approximate surface area is 243 Å². The summed E-state index contributed by atoms with van der Waals surface area (Å²) < 4.78 is 34.5. The number of aliphatic hydroxyl groups is 1. The van der Waals surface area contributed by atoms with Crippen molar-refractivity contribution in [3.63, 3.8) is 0 Å². The molecule has 2 saturated carbocycles. The molecule has 0 radical (unpaired) electrons. The minimum absolute atomic E-state index is 0.0370. The van der Waals surface area contributed by atoms with Gasteiger partial charge >= 0.3 is 0 Å². The molecular weight excluding hydrogens is 581 g/mol. The molecule has 1 unspecified atom stereocenters. The van der Waals surface area contributed by atoms with Gasteiger partial charge in [-0.2, -0.15) is 0 Å². The fourth-order valence-electron chi connectivity index (χ4n) is 5.25. The van der Waals surface area contributed by atoms with Crippen LogP contribution in [0.1, 0.15) is 60.0 Å². The molecule has 1 atom stereocenters. The molecule has 0 saturated heterocycles. The molecule has 0 amide bonds. The van der Waals surface area contributed by atoms with Crippen molar-refractivity contribution in [1.29, 1.82) is 0 Å². The van der Waals surface area contributed by atoms with E-state index in [0.29, 0.717) is 56.4 Å². The SMILES string of the molecule is O=S([O-])c1cccc(C2CC(O)(c3ccc(OCc4c(-c5c(Cl)cccc5Cl)noc4C4CC4)cc3Cl)C2)c1. The van der Waals surface area contributed by atoms with Crippen LogP contribution >= 0.6 is 34.8 Å². The first-order chi connectivity index (χ1) is 18.7. The van der Waals surface area contributed by atoms with Gasteiger partial charge in [-0.1, -0.05) is 64.2 Å². The molecule has 1 aromatic heterocycles. The molecule has 0 spiro atoms. The summed E-state index contributed by atoms with van der Waals surface area (Å²) >= 11 is 17.2. The first kappa shape index (κ1) is 26.8. The Kier molecular flexibility index (Phi) is 7.25. The quantitative estimate of drug-likeness (QED) is 0.207. The molecule has 2 aliphatic rings. The summed E-state index contributed by atoms with van der Waals surface area (Å²) in [5.41, 5.74) is 2.37. The lowest BCUT2D eigenvalue weighted by Gasteiger charge is -2.45. The lowest BCUT2D eigenvalue weighted by molar-refractivity contribution is -0.0549. The van der Waals surface area contributed by atoms with Crippen molar-refractivity contribution in [3.05, 3.63) is 98.2 Å². The highest BCUT2D eigenvalue weighted by Crippen LogP contribution is 2.53. The highest BCUT2D eigenvalue weighted by atomic mass is 35.5. The second kappa shape index (κ2) is 10.5. The van der Waals surface area contributed by atoms with E-state index in [1.807, 2.05) is 6.07 Å². The predicted octanol–water partition coefficient (Wildman–Crippen LogP) is 7.76. The number of hydrogen-bond donors (Lipinski definition) is 1. The van der Waals surface area contributed by atoms with Gasteiger partial charge in [0.25, 0.3) is 0 Å². The van der Waals surface area contributed by atoms with Crippen LogP contribution in [0.3, 0.4) is 0 Å². The molecule has 0 aliphatic heterocycles. The fraction of sp³-hybridized carbons (Fsp3) is 0.276. The molecule has 10 heteroatoms. The third-order valence-corrected chi connectivity index (χ3v) is 9.06. The van der Waals surface area contributed by atoms with E-state index in [9.17, 15) is 13.9 Å². The number of ether oxygens (including phenoxy) is 1. The van der Waals surface area contributed by atoms with E-state index < -0.39 is 16.7 Å². The van der Waals surface area contributed by atoms with Crippen molar-refractivity contribution in [1.82, 2.24) is 5.16 Å². The third-order valence-electron chi connectivity index (χ3n) is 7.48. The number of hydrogen-bond acceptors (Lipinski definition) is 6. The second-order valence-electron chi connectivity index (χ2n) is 10.1. The first-order valence-electron chi connectivity index (χ1n) is 12.5. The summed E-state index contributed by atoms with van der Waals surface area (Å²) in [6.07, 6.45) is 2.93. The lowest BCUT2D eigenvalue weighted by atomic mass is 9.65. The summed E-state index contributed by atoms with van der Waals surface area (Å²) in [5.74, 6) is 1.65. The summed E-state index contributed by atoms with van der Waals surface area (Å²) in [6, 6.07) is 17.3. The Bertz CT molecular complexity index is 1560. The van der Waals surface area contributed by atoms with Gasteiger partial charge in [-0.25, -0.2) is 0 Å². The number of rotatable bonds is 8. The van der Waals surface area contributed by atoms with E-state index in [-0.39, 0.29) is 17.4 Å². The van der Waals surface area contributed by atoms with Gasteiger partial charge in [0.15, 0.2) is 0 Å². The average molecular weight is 604 g/mol. The highest BCUT2D eigenvalue weighted by molar-refractivity contribution is 7.79. The maximum Gasteiger partial charge on any atom is 0.147 e. The molecule has 1 heterocycles. The Balaban J connectivity index is 1.19. The van der Waals surface area contributed by atoms with Crippen LogP contribution in [0.15, 0.2) is 70.1 Å². The third kappa shape index (κ3) is 5.24. The van der Waals surface area contributed by atoms with Crippen molar-refractivity contribution in [3.8, 4) is 17.0 Å². The molecule has 3 aromatic carbocycles. The second-order valence-corrected chi connectivity index (χ2v) is 12.3. The summed E-state index contributed by atoms with van der Waals surface area (Å²) in [6.45, 7) is 0.186. The van der Waals surface area contributed by atoms with Gasteiger partial charge in [0.1, 0.15) is 23.8 Å². The van der Waals surface area contributed by atoms with Crippen molar-refractivity contribution in [2.45, 2.75) is 54.6 Å². The van der Waals surface area contributed by atoms with Crippen LogP contribution in [0.25, 0.3) is 11.3 Å². The smallest absolute Gasteiger partial charge is 0.147 e. The zero-order chi connectivity index (χ0) is 27.3. The van der Waals surface area contributed by atoms with Gasteiger partial charge in [-0.05, 0) is 84.6 Å². The van der Waals surface area contributed by atoms with Crippen molar-refractivity contribution in [2.75, 3.05) is 0 Å². The Morgan fingerprint density at radius 2 is 1.72 bits per heavy atom. The van der Waals surface area contributed by atoms with E-state index in [1.165, 1.54) is 0 Å². The van der Waals surface area contributed by atoms with E-state index >= 15 is 0 Å². The van der Waals surface area contributed by atoms with E-state index in [0.717, 1.165) is 29.7 Å². The molecule has 6 nitrogen and oxygen atoms in total. The molecule has 2 aliphatic carbocycles. The van der Waals surface area contributed by atoms with Crippen LogP contribution in [-0.4, -0.2) is 19.0 Å².